The zero-order chi connectivity index (χ0) is 20.1. The molecule has 0 aliphatic carbocycles. The Morgan fingerprint density at radius 1 is 1.21 bits per heavy atom. The molecule has 1 aromatic carbocycles. The van der Waals surface area contributed by atoms with E-state index in [1.54, 1.807) is 29.2 Å². The average Bonchev–Trinajstić information content (AvgIpc) is 3.10. The van der Waals surface area contributed by atoms with Crippen LogP contribution in [0.15, 0.2) is 35.2 Å². The molecule has 0 bridgehead atoms. The number of carbonyl (C=O) groups excluding carboxylic acids is 2. The number of amides is 2. The van der Waals surface area contributed by atoms with Gasteiger partial charge in [0.2, 0.25) is 18.1 Å². The molecule has 0 saturated carbocycles. The van der Waals surface area contributed by atoms with Gasteiger partial charge in [-0.15, -0.1) is 0 Å². The second-order valence-electron chi connectivity index (χ2n) is 6.75. The lowest BCUT2D eigenvalue weighted by Crippen LogP contribution is -2.43. The summed E-state index contributed by atoms with van der Waals surface area (Å²) < 4.78 is 4.72. The average molecular weight is 386 g/mol. The number of carboxylic acids is 1. The topological polar surface area (TPSA) is 117 Å². The van der Waals surface area contributed by atoms with Crippen LogP contribution < -0.4 is 0 Å². The van der Waals surface area contributed by atoms with E-state index in [1.165, 1.54) is 18.2 Å². The third-order valence-electron chi connectivity index (χ3n) is 4.89. The summed E-state index contributed by atoms with van der Waals surface area (Å²) in [4.78, 5) is 42.8. The lowest BCUT2D eigenvalue weighted by molar-refractivity contribution is -0.145. The van der Waals surface area contributed by atoms with Crippen LogP contribution in [-0.4, -0.2) is 68.5 Å². The van der Waals surface area contributed by atoms with Crippen molar-refractivity contribution in [2.45, 2.75) is 32.2 Å². The van der Waals surface area contributed by atoms with E-state index in [0.717, 1.165) is 5.56 Å². The van der Waals surface area contributed by atoms with Crippen LogP contribution in [0.1, 0.15) is 36.5 Å². The summed E-state index contributed by atoms with van der Waals surface area (Å²) in [5.41, 5.74) is 1.31. The number of aromatic nitrogens is 2. The molecule has 2 amide bonds. The van der Waals surface area contributed by atoms with Crippen LogP contribution in [0.4, 0.5) is 0 Å². The molecule has 2 heterocycles. The molecule has 1 unspecified atom stereocenters. The standard InChI is InChI=1S/C19H22N4O5/c1-13(24)23(11-17(25)26)16-3-2-9-22(10-8-16)19(27)15-6-4-14(5-7-15)18-20-12-28-21-18/h4-7,12,16H,2-3,8-11H2,1H3,(H,25,26). The summed E-state index contributed by atoms with van der Waals surface area (Å²) in [6.45, 7) is 2.10. The minimum atomic E-state index is -1.03. The van der Waals surface area contributed by atoms with E-state index in [4.69, 9.17) is 9.63 Å². The Labute approximate surface area is 161 Å². The van der Waals surface area contributed by atoms with E-state index < -0.39 is 5.97 Å². The van der Waals surface area contributed by atoms with Crippen molar-refractivity contribution in [3.05, 3.63) is 36.2 Å². The zero-order valence-corrected chi connectivity index (χ0v) is 15.6. The Morgan fingerprint density at radius 2 is 1.96 bits per heavy atom. The monoisotopic (exact) mass is 386 g/mol. The first-order valence-electron chi connectivity index (χ1n) is 9.11. The highest BCUT2D eigenvalue weighted by atomic mass is 16.5. The van der Waals surface area contributed by atoms with Crippen molar-refractivity contribution in [3.63, 3.8) is 0 Å². The number of likely N-dealkylation sites (tertiary alicyclic amines) is 1. The van der Waals surface area contributed by atoms with Crippen LogP contribution >= 0.6 is 0 Å². The lowest BCUT2D eigenvalue weighted by Gasteiger charge is -2.28. The molecule has 0 spiro atoms. The maximum absolute atomic E-state index is 12.8. The predicted octanol–water partition coefficient (Wildman–Crippen LogP) is 1.66. The molecular formula is C19H22N4O5. The smallest absolute Gasteiger partial charge is 0.323 e. The summed E-state index contributed by atoms with van der Waals surface area (Å²) in [5, 5.41) is 12.8. The second-order valence-corrected chi connectivity index (χ2v) is 6.75. The molecule has 2 aromatic rings. The van der Waals surface area contributed by atoms with Crippen molar-refractivity contribution in [1.29, 1.82) is 0 Å². The molecular weight excluding hydrogens is 364 g/mol. The Hall–Kier alpha value is -3.23. The van der Waals surface area contributed by atoms with E-state index >= 15 is 0 Å². The molecule has 1 atom stereocenters. The van der Waals surface area contributed by atoms with Gasteiger partial charge in [0.05, 0.1) is 0 Å². The van der Waals surface area contributed by atoms with Crippen molar-refractivity contribution in [2.24, 2.45) is 0 Å². The third kappa shape index (κ3) is 4.54. The van der Waals surface area contributed by atoms with Gasteiger partial charge in [-0.25, -0.2) is 0 Å². The van der Waals surface area contributed by atoms with Crippen LogP contribution in [0.2, 0.25) is 0 Å². The van der Waals surface area contributed by atoms with Crippen LogP contribution in [0.3, 0.4) is 0 Å². The number of hydrogen-bond acceptors (Lipinski definition) is 6. The van der Waals surface area contributed by atoms with Gasteiger partial charge < -0.3 is 19.4 Å². The SMILES string of the molecule is CC(=O)N(CC(=O)O)C1CCCN(C(=O)c2ccc(-c3ncon3)cc2)CC1. The summed E-state index contributed by atoms with van der Waals surface area (Å²) in [5.74, 6) is -0.925. The normalized spacial score (nSPS) is 17.0. The minimum Gasteiger partial charge on any atom is -0.480 e. The summed E-state index contributed by atoms with van der Waals surface area (Å²) >= 11 is 0. The predicted molar refractivity (Wildman–Crippen MR) is 98.3 cm³/mol. The molecule has 1 aromatic heterocycles. The van der Waals surface area contributed by atoms with Crippen molar-refractivity contribution in [2.75, 3.05) is 19.6 Å². The fraction of sp³-hybridized carbons (Fsp3) is 0.421. The Kier molecular flexibility index (Phi) is 6.03. The zero-order valence-electron chi connectivity index (χ0n) is 15.6. The number of carboxylic acid groups (broad SMARTS) is 1. The van der Waals surface area contributed by atoms with Gasteiger partial charge in [0.1, 0.15) is 6.54 Å². The molecule has 9 heteroatoms. The van der Waals surface area contributed by atoms with Crippen LogP contribution in [0.5, 0.6) is 0 Å². The second kappa shape index (κ2) is 8.64. The highest BCUT2D eigenvalue weighted by Crippen LogP contribution is 2.20. The Morgan fingerprint density at radius 3 is 2.57 bits per heavy atom. The van der Waals surface area contributed by atoms with Gasteiger partial charge in [-0.2, -0.15) is 4.98 Å². The van der Waals surface area contributed by atoms with Gasteiger partial charge in [-0.3, -0.25) is 14.4 Å². The van der Waals surface area contributed by atoms with E-state index in [0.29, 0.717) is 43.7 Å². The molecule has 1 aliphatic heterocycles. The first-order chi connectivity index (χ1) is 13.5. The number of hydrogen-bond donors (Lipinski definition) is 1. The van der Waals surface area contributed by atoms with Crippen molar-refractivity contribution in [1.82, 2.24) is 19.9 Å². The maximum atomic E-state index is 12.8. The quantitative estimate of drug-likeness (QED) is 0.830. The molecule has 1 N–H and O–H groups in total. The van der Waals surface area contributed by atoms with Gasteiger partial charge in [-0.05, 0) is 31.4 Å². The van der Waals surface area contributed by atoms with Gasteiger partial charge >= 0.3 is 5.97 Å². The summed E-state index contributed by atoms with van der Waals surface area (Å²) in [7, 11) is 0. The van der Waals surface area contributed by atoms with Crippen LogP contribution in [0, 0.1) is 0 Å². The molecule has 9 nitrogen and oxygen atoms in total. The molecule has 0 radical (unpaired) electrons. The fourth-order valence-electron chi connectivity index (χ4n) is 3.48. The van der Waals surface area contributed by atoms with E-state index in [2.05, 4.69) is 10.1 Å². The van der Waals surface area contributed by atoms with Crippen LogP contribution in [-0.2, 0) is 9.59 Å². The molecule has 28 heavy (non-hydrogen) atoms. The van der Waals surface area contributed by atoms with Gasteiger partial charge in [0.15, 0.2) is 0 Å². The van der Waals surface area contributed by atoms with Gasteiger partial charge in [-0.1, -0.05) is 17.3 Å². The van der Waals surface area contributed by atoms with Crippen molar-refractivity contribution >= 4 is 17.8 Å². The van der Waals surface area contributed by atoms with E-state index in [1.807, 2.05) is 0 Å². The number of rotatable bonds is 5. The summed E-state index contributed by atoms with van der Waals surface area (Å²) in [6.07, 6.45) is 3.18. The Balaban J connectivity index is 1.65. The van der Waals surface area contributed by atoms with Gasteiger partial charge in [0.25, 0.3) is 5.91 Å². The van der Waals surface area contributed by atoms with Crippen LogP contribution in [0.25, 0.3) is 11.4 Å². The number of carbonyl (C=O) groups is 3. The van der Waals surface area contributed by atoms with E-state index in [9.17, 15) is 14.4 Å². The van der Waals surface area contributed by atoms with Crippen molar-refractivity contribution < 1.29 is 24.0 Å². The summed E-state index contributed by atoms with van der Waals surface area (Å²) in [6, 6.07) is 6.81. The number of aliphatic carboxylic acids is 1. The number of benzene rings is 1. The molecule has 1 aliphatic rings. The first-order valence-corrected chi connectivity index (χ1v) is 9.11. The lowest BCUT2D eigenvalue weighted by atomic mass is 10.1. The minimum absolute atomic E-state index is 0.0899. The van der Waals surface area contributed by atoms with E-state index in [-0.39, 0.29) is 24.4 Å². The molecule has 148 valence electrons. The number of nitrogens with zero attached hydrogens (tertiary/aromatic N) is 4. The third-order valence-corrected chi connectivity index (χ3v) is 4.89. The first kappa shape index (κ1) is 19.5. The highest BCUT2D eigenvalue weighted by Gasteiger charge is 2.27. The highest BCUT2D eigenvalue weighted by molar-refractivity contribution is 5.94. The van der Waals surface area contributed by atoms with Gasteiger partial charge in [0, 0.05) is 37.2 Å². The maximum Gasteiger partial charge on any atom is 0.323 e. The fourth-order valence-corrected chi connectivity index (χ4v) is 3.48. The van der Waals surface area contributed by atoms with Crippen molar-refractivity contribution in [3.8, 4) is 11.4 Å². The Bertz CT molecular complexity index is 835. The molecule has 1 fully saturated rings. The molecule has 3 rings (SSSR count). The molecule has 1 saturated heterocycles. The largest absolute Gasteiger partial charge is 0.480 e.